The van der Waals surface area contributed by atoms with Crippen molar-refractivity contribution in [3.8, 4) is 5.75 Å². The van der Waals surface area contributed by atoms with Gasteiger partial charge in [0.2, 0.25) is 15.9 Å². The quantitative estimate of drug-likeness (QED) is 0.708. The maximum Gasteiger partial charge on any atom is 0.243 e. The third kappa shape index (κ3) is 4.74. The average Bonchev–Trinajstić information content (AvgIpc) is 2.72. The van der Waals surface area contributed by atoms with E-state index in [4.69, 9.17) is 4.74 Å². The van der Waals surface area contributed by atoms with Crippen LogP contribution in [0.2, 0.25) is 0 Å². The second kappa shape index (κ2) is 9.07. The molecule has 28 heavy (non-hydrogen) atoms. The minimum absolute atomic E-state index is 0.200. The molecule has 3 rings (SSSR count). The third-order valence-corrected chi connectivity index (χ3v) is 7.25. The molecule has 0 saturated carbocycles. The first-order chi connectivity index (χ1) is 13.4. The molecule has 1 heterocycles. The zero-order valence-corrected chi connectivity index (χ0v) is 18.0. The summed E-state index contributed by atoms with van der Waals surface area (Å²) in [7, 11) is -2.13. The van der Waals surface area contributed by atoms with Crippen LogP contribution in [-0.2, 0) is 21.4 Å². The Balaban J connectivity index is 1.72. The predicted octanol–water partition coefficient (Wildman–Crippen LogP) is 3.32. The lowest BCUT2D eigenvalue weighted by atomic mass is 10.0. The lowest BCUT2D eigenvalue weighted by Crippen LogP contribution is -2.51. The SMILES string of the molecule is COc1ccc(CNC(=O)[C@H]2CCCCN2S(=O)(=O)c2ccc(Br)cc2)cc1. The fraction of sp³-hybridized carbons (Fsp3) is 0.350. The monoisotopic (exact) mass is 466 g/mol. The molecule has 8 heteroatoms. The van der Waals surface area contributed by atoms with E-state index in [1.807, 2.05) is 24.3 Å². The van der Waals surface area contributed by atoms with Crippen molar-refractivity contribution in [2.24, 2.45) is 0 Å². The first-order valence-electron chi connectivity index (χ1n) is 9.10. The molecule has 0 aliphatic carbocycles. The Morgan fingerprint density at radius 1 is 1.14 bits per heavy atom. The van der Waals surface area contributed by atoms with Crippen molar-refractivity contribution >= 4 is 31.9 Å². The summed E-state index contributed by atoms with van der Waals surface area (Å²) >= 11 is 3.31. The van der Waals surface area contributed by atoms with Crippen LogP contribution in [0.5, 0.6) is 5.75 Å². The van der Waals surface area contributed by atoms with Crippen LogP contribution in [0.25, 0.3) is 0 Å². The molecule has 2 aromatic carbocycles. The number of ether oxygens (including phenoxy) is 1. The van der Waals surface area contributed by atoms with E-state index in [0.29, 0.717) is 19.5 Å². The van der Waals surface area contributed by atoms with Crippen LogP contribution in [0.4, 0.5) is 0 Å². The van der Waals surface area contributed by atoms with Crippen LogP contribution in [0, 0.1) is 0 Å². The molecule has 2 aromatic rings. The summed E-state index contributed by atoms with van der Waals surface area (Å²) in [6.07, 6.45) is 2.09. The number of carbonyl (C=O) groups is 1. The van der Waals surface area contributed by atoms with Gasteiger partial charge in [0.1, 0.15) is 11.8 Å². The largest absolute Gasteiger partial charge is 0.497 e. The molecule has 150 valence electrons. The molecule has 1 saturated heterocycles. The standard InChI is InChI=1S/C20H23BrN2O4S/c1-27-17-9-5-15(6-10-17)14-22-20(24)19-4-2-3-13-23(19)28(25,26)18-11-7-16(21)8-12-18/h5-12,19H,2-4,13-14H2,1H3,(H,22,24)/t19-/m1/s1. The second-order valence-corrected chi connectivity index (χ2v) is 9.45. The molecular weight excluding hydrogens is 444 g/mol. The third-order valence-electron chi connectivity index (χ3n) is 4.80. The zero-order chi connectivity index (χ0) is 20.1. The average molecular weight is 467 g/mol. The maximum absolute atomic E-state index is 13.1. The maximum atomic E-state index is 13.1. The van der Waals surface area contributed by atoms with E-state index in [2.05, 4.69) is 21.2 Å². The van der Waals surface area contributed by atoms with Gasteiger partial charge in [0, 0.05) is 17.6 Å². The molecule has 0 spiro atoms. The Labute approximate surface area is 174 Å². The topological polar surface area (TPSA) is 75.7 Å². The molecule has 1 N–H and O–H groups in total. The van der Waals surface area contributed by atoms with Crippen molar-refractivity contribution in [3.05, 3.63) is 58.6 Å². The van der Waals surface area contributed by atoms with Gasteiger partial charge in [-0.1, -0.05) is 34.5 Å². The summed E-state index contributed by atoms with van der Waals surface area (Å²) in [6, 6.07) is 13.2. The highest BCUT2D eigenvalue weighted by Crippen LogP contribution is 2.26. The number of hydrogen-bond donors (Lipinski definition) is 1. The van der Waals surface area contributed by atoms with Crippen LogP contribution < -0.4 is 10.1 Å². The fourth-order valence-corrected chi connectivity index (χ4v) is 5.17. The molecule has 0 bridgehead atoms. The summed E-state index contributed by atoms with van der Waals surface area (Å²) in [5.41, 5.74) is 0.923. The van der Waals surface area contributed by atoms with Gasteiger partial charge in [0.25, 0.3) is 0 Å². The van der Waals surface area contributed by atoms with Gasteiger partial charge in [-0.3, -0.25) is 4.79 Å². The van der Waals surface area contributed by atoms with Gasteiger partial charge in [-0.25, -0.2) is 8.42 Å². The van der Waals surface area contributed by atoms with E-state index in [1.165, 1.54) is 4.31 Å². The van der Waals surface area contributed by atoms with Gasteiger partial charge in [-0.05, 0) is 54.8 Å². The Kier molecular flexibility index (Phi) is 6.74. The fourth-order valence-electron chi connectivity index (χ4n) is 3.25. The number of nitrogens with zero attached hydrogens (tertiary/aromatic N) is 1. The van der Waals surface area contributed by atoms with E-state index in [0.717, 1.165) is 28.6 Å². The van der Waals surface area contributed by atoms with Crippen molar-refractivity contribution in [2.45, 2.75) is 36.7 Å². The number of amides is 1. The molecular formula is C20H23BrN2O4S. The number of piperidine rings is 1. The molecule has 0 radical (unpaired) electrons. The number of rotatable bonds is 6. The van der Waals surface area contributed by atoms with Crippen molar-refractivity contribution < 1.29 is 17.9 Å². The van der Waals surface area contributed by atoms with Crippen molar-refractivity contribution in [1.82, 2.24) is 9.62 Å². The van der Waals surface area contributed by atoms with Crippen LogP contribution in [0.3, 0.4) is 0 Å². The van der Waals surface area contributed by atoms with Gasteiger partial charge < -0.3 is 10.1 Å². The molecule has 1 fully saturated rings. The number of methoxy groups -OCH3 is 1. The number of benzene rings is 2. The molecule has 1 amide bonds. The van der Waals surface area contributed by atoms with E-state index >= 15 is 0 Å². The van der Waals surface area contributed by atoms with Gasteiger partial charge in [0.15, 0.2) is 0 Å². The Morgan fingerprint density at radius 3 is 2.46 bits per heavy atom. The normalized spacial score (nSPS) is 17.9. The summed E-state index contributed by atoms with van der Waals surface area (Å²) in [5, 5.41) is 2.88. The zero-order valence-electron chi connectivity index (χ0n) is 15.6. The van der Waals surface area contributed by atoms with E-state index in [1.54, 1.807) is 31.4 Å². The second-order valence-electron chi connectivity index (χ2n) is 6.65. The van der Waals surface area contributed by atoms with Gasteiger partial charge >= 0.3 is 0 Å². The first kappa shape index (κ1) is 20.8. The lowest BCUT2D eigenvalue weighted by molar-refractivity contribution is -0.125. The molecule has 6 nitrogen and oxygen atoms in total. The summed E-state index contributed by atoms with van der Waals surface area (Å²) in [6.45, 7) is 0.685. The Hall–Kier alpha value is -1.90. The van der Waals surface area contributed by atoms with E-state index in [9.17, 15) is 13.2 Å². The predicted molar refractivity (Wildman–Crippen MR) is 111 cm³/mol. The summed E-state index contributed by atoms with van der Waals surface area (Å²) in [4.78, 5) is 13.0. The number of halogens is 1. The highest BCUT2D eigenvalue weighted by molar-refractivity contribution is 9.10. The Bertz CT molecular complexity index is 914. The molecule has 0 aromatic heterocycles. The van der Waals surface area contributed by atoms with Gasteiger partial charge in [-0.15, -0.1) is 0 Å². The lowest BCUT2D eigenvalue weighted by Gasteiger charge is -2.33. The van der Waals surface area contributed by atoms with Crippen molar-refractivity contribution in [2.75, 3.05) is 13.7 Å². The Morgan fingerprint density at radius 2 is 1.82 bits per heavy atom. The smallest absolute Gasteiger partial charge is 0.243 e. The number of nitrogens with one attached hydrogen (secondary N) is 1. The van der Waals surface area contributed by atoms with Crippen LogP contribution in [-0.4, -0.2) is 38.3 Å². The number of hydrogen-bond acceptors (Lipinski definition) is 4. The molecule has 1 atom stereocenters. The van der Waals surface area contributed by atoms with Crippen LogP contribution >= 0.6 is 15.9 Å². The highest BCUT2D eigenvalue weighted by atomic mass is 79.9. The number of carbonyl (C=O) groups excluding carboxylic acids is 1. The minimum atomic E-state index is -3.73. The molecule has 1 aliphatic heterocycles. The molecule has 1 aliphatic rings. The summed E-state index contributed by atoms with van der Waals surface area (Å²) < 4.78 is 33.4. The van der Waals surface area contributed by atoms with Crippen LogP contribution in [0.15, 0.2) is 57.9 Å². The molecule has 0 unspecified atom stereocenters. The highest BCUT2D eigenvalue weighted by Gasteiger charge is 2.37. The minimum Gasteiger partial charge on any atom is -0.497 e. The van der Waals surface area contributed by atoms with E-state index in [-0.39, 0.29) is 10.8 Å². The number of sulfonamides is 1. The first-order valence-corrected chi connectivity index (χ1v) is 11.3. The van der Waals surface area contributed by atoms with Gasteiger partial charge in [0.05, 0.1) is 12.0 Å². The van der Waals surface area contributed by atoms with E-state index < -0.39 is 16.1 Å². The summed E-state index contributed by atoms with van der Waals surface area (Å²) in [5.74, 6) is 0.477. The van der Waals surface area contributed by atoms with Crippen molar-refractivity contribution in [3.63, 3.8) is 0 Å². The van der Waals surface area contributed by atoms with Gasteiger partial charge in [-0.2, -0.15) is 4.31 Å². The van der Waals surface area contributed by atoms with Crippen molar-refractivity contribution in [1.29, 1.82) is 0 Å². The van der Waals surface area contributed by atoms with Crippen LogP contribution in [0.1, 0.15) is 24.8 Å².